The van der Waals surface area contributed by atoms with E-state index in [-0.39, 0.29) is 5.91 Å². The summed E-state index contributed by atoms with van der Waals surface area (Å²) in [5.41, 5.74) is 1.88. The predicted octanol–water partition coefficient (Wildman–Crippen LogP) is 5.40. The average molecular weight is 461 g/mol. The number of hydrogen-bond donors (Lipinski definition) is 0. The normalized spacial score (nSPS) is 14.1. The third-order valence-corrected chi connectivity index (χ3v) is 6.61. The number of nitrogens with zero attached hydrogens (tertiary/aromatic N) is 4. The van der Waals surface area contributed by atoms with Crippen LogP contribution in [-0.2, 0) is 11.3 Å². The maximum Gasteiger partial charge on any atom is 0.233 e. The highest BCUT2D eigenvalue weighted by Gasteiger charge is 2.21. The van der Waals surface area contributed by atoms with Crippen molar-refractivity contribution in [2.75, 3.05) is 18.8 Å². The highest BCUT2D eigenvalue weighted by molar-refractivity contribution is 7.99. The number of carbonyl (C=O) groups is 1. The number of likely N-dealkylation sites (tertiary alicyclic amines) is 1. The highest BCUT2D eigenvalue weighted by atomic mass is 35.5. The molecule has 0 radical (unpaired) electrons. The molecule has 156 valence electrons. The van der Waals surface area contributed by atoms with Crippen LogP contribution in [0.25, 0.3) is 11.4 Å². The minimum Gasteiger partial charge on any atom is -0.342 e. The Morgan fingerprint density at radius 1 is 1.00 bits per heavy atom. The summed E-state index contributed by atoms with van der Waals surface area (Å²) in [6.45, 7) is 2.28. The number of rotatable bonds is 6. The van der Waals surface area contributed by atoms with Crippen LogP contribution in [0.1, 0.15) is 24.8 Å². The van der Waals surface area contributed by atoms with Crippen LogP contribution >= 0.6 is 35.0 Å². The lowest BCUT2D eigenvalue weighted by atomic mass is 10.1. The average Bonchev–Trinajstić information content (AvgIpc) is 3.15. The summed E-state index contributed by atoms with van der Waals surface area (Å²) >= 11 is 13.9. The Balaban J connectivity index is 1.61. The molecular weight excluding hydrogens is 439 g/mol. The van der Waals surface area contributed by atoms with E-state index in [1.807, 2.05) is 33.7 Å². The Morgan fingerprint density at radius 3 is 2.50 bits per heavy atom. The zero-order chi connectivity index (χ0) is 20.9. The van der Waals surface area contributed by atoms with E-state index >= 15 is 0 Å². The number of aromatic nitrogens is 3. The van der Waals surface area contributed by atoms with Gasteiger partial charge in [0.1, 0.15) is 0 Å². The zero-order valence-electron chi connectivity index (χ0n) is 16.4. The van der Waals surface area contributed by atoms with Gasteiger partial charge in [0.2, 0.25) is 5.91 Å². The van der Waals surface area contributed by atoms with Crippen LogP contribution in [0.15, 0.2) is 53.7 Å². The molecule has 0 bridgehead atoms. The maximum atomic E-state index is 12.6. The SMILES string of the molecule is O=C(CSc1nnc(-c2ccc(Cl)cc2Cl)n1Cc1ccccc1)N1CCCCC1. The van der Waals surface area contributed by atoms with E-state index in [9.17, 15) is 4.79 Å². The van der Waals surface area contributed by atoms with Gasteiger partial charge < -0.3 is 4.90 Å². The van der Waals surface area contributed by atoms with Gasteiger partial charge in [0, 0.05) is 23.7 Å². The van der Waals surface area contributed by atoms with Gasteiger partial charge in [-0.1, -0.05) is 65.3 Å². The monoisotopic (exact) mass is 460 g/mol. The fourth-order valence-corrected chi connectivity index (χ4v) is 4.87. The first kappa shape index (κ1) is 21.2. The zero-order valence-corrected chi connectivity index (χ0v) is 18.8. The molecule has 5 nitrogen and oxygen atoms in total. The third kappa shape index (κ3) is 4.99. The molecule has 4 rings (SSSR count). The molecule has 1 saturated heterocycles. The van der Waals surface area contributed by atoms with Crippen molar-refractivity contribution in [1.82, 2.24) is 19.7 Å². The molecule has 0 atom stereocenters. The molecule has 1 aliphatic heterocycles. The van der Waals surface area contributed by atoms with Crippen LogP contribution in [-0.4, -0.2) is 44.4 Å². The van der Waals surface area contributed by atoms with Gasteiger partial charge in [-0.25, -0.2) is 0 Å². The molecule has 0 unspecified atom stereocenters. The summed E-state index contributed by atoms with van der Waals surface area (Å²) in [6, 6.07) is 15.4. The van der Waals surface area contributed by atoms with Gasteiger partial charge in [0.05, 0.1) is 17.3 Å². The molecule has 30 heavy (non-hydrogen) atoms. The molecule has 1 fully saturated rings. The Morgan fingerprint density at radius 2 is 1.77 bits per heavy atom. The molecule has 0 aliphatic carbocycles. The van der Waals surface area contributed by atoms with Gasteiger partial charge in [-0.2, -0.15) is 0 Å². The van der Waals surface area contributed by atoms with Crippen molar-refractivity contribution in [3.05, 3.63) is 64.1 Å². The van der Waals surface area contributed by atoms with Crippen LogP contribution in [0.4, 0.5) is 0 Å². The van der Waals surface area contributed by atoms with Crippen LogP contribution in [0.2, 0.25) is 10.0 Å². The van der Waals surface area contributed by atoms with Gasteiger partial charge in [-0.3, -0.25) is 9.36 Å². The van der Waals surface area contributed by atoms with E-state index in [1.54, 1.807) is 12.1 Å². The summed E-state index contributed by atoms with van der Waals surface area (Å²) < 4.78 is 2.01. The number of thioether (sulfide) groups is 1. The Hall–Kier alpha value is -2.02. The molecule has 0 saturated carbocycles. The van der Waals surface area contributed by atoms with Crippen LogP contribution in [0, 0.1) is 0 Å². The summed E-state index contributed by atoms with van der Waals surface area (Å²) in [7, 11) is 0. The Bertz CT molecular complexity index is 1020. The Kier molecular flexibility index (Phi) is 6.97. The van der Waals surface area contributed by atoms with E-state index in [0.717, 1.165) is 37.1 Å². The molecule has 1 amide bonds. The number of amides is 1. The standard InChI is InChI=1S/C22H22Cl2N4OS/c23-17-9-10-18(19(24)13-17)21-25-26-22(28(21)14-16-7-3-1-4-8-16)30-15-20(29)27-11-5-2-6-12-27/h1,3-4,7-10,13H,2,5-6,11-12,14-15H2. The van der Waals surface area contributed by atoms with Gasteiger partial charge in [-0.05, 0) is 43.0 Å². The molecular formula is C22H22Cl2N4OS. The number of piperidine rings is 1. The summed E-state index contributed by atoms with van der Waals surface area (Å²) in [5.74, 6) is 1.16. The number of carbonyl (C=O) groups excluding carboxylic acids is 1. The van der Waals surface area contributed by atoms with Gasteiger partial charge >= 0.3 is 0 Å². The first-order valence-electron chi connectivity index (χ1n) is 9.95. The van der Waals surface area contributed by atoms with E-state index in [1.165, 1.54) is 18.2 Å². The van der Waals surface area contributed by atoms with Crippen molar-refractivity contribution >= 4 is 40.9 Å². The fourth-order valence-electron chi connectivity index (χ4n) is 3.53. The molecule has 0 N–H and O–H groups in total. The topological polar surface area (TPSA) is 51.0 Å². The first-order chi connectivity index (χ1) is 14.6. The smallest absolute Gasteiger partial charge is 0.233 e. The largest absolute Gasteiger partial charge is 0.342 e. The number of benzene rings is 2. The van der Waals surface area contributed by atoms with Gasteiger partial charge in [-0.15, -0.1) is 10.2 Å². The van der Waals surface area contributed by atoms with E-state index in [2.05, 4.69) is 22.3 Å². The Labute approximate surface area is 190 Å². The third-order valence-electron chi connectivity index (χ3n) is 5.11. The molecule has 1 aromatic heterocycles. The van der Waals surface area contributed by atoms with Crippen molar-refractivity contribution in [3.63, 3.8) is 0 Å². The second-order valence-corrected chi connectivity index (χ2v) is 9.02. The van der Waals surface area contributed by atoms with E-state index < -0.39 is 0 Å². The molecule has 2 heterocycles. The van der Waals surface area contributed by atoms with Crippen molar-refractivity contribution in [2.45, 2.75) is 31.0 Å². The minimum atomic E-state index is 0.153. The first-order valence-corrected chi connectivity index (χ1v) is 11.7. The molecule has 3 aromatic rings. The summed E-state index contributed by atoms with van der Waals surface area (Å²) in [5, 5.41) is 10.6. The fraction of sp³-hybridized carbons (Fsp3) is 0.318. The lowest BCUT2D eigenvalue weighted by Gasteiger charge is -2.26. The number of halogens is 2. The molecule has 2 aromatic carbocycles. The predicted molar refractivity (Wildman–Crippen MR) is 122 cm³/mol. The van der Waals surface area contributed by atoms with Crippen molar-refractivity contribution in [1.29, 1.82) is 0 Å². The number of hydrogen-bond acceptors (Lipinski definition) is 4. The molecule has 1 aliphatic rings. The quantitative estimate of drug-likeness (QED) is 0.461. The lowest BCUT2D eigenvalue weighted by molar-refractivity contribution is -0.129. The summed E-state index contributed by atoms with van der Waals surface area (Å²) in [6.07, 6.45) is 3.37. The molecule has 0 spiro atoms. The maximum absolute atomic E-state index is 12.6. The second-order valence-electron chi connectivity index (χ2n) is 7.23. The lowest BCUT2D eigenvalue weighted by Crippen LogP contribution is -2.36. The highest BCUT2D eigenvalue weighted by Crippen LogP contribution is 2.32. The van der Waals surface area contributed by atoms with Crippen LogP contribution in [0.3, 0.4) is 0 Å². The minimum absolute atomic E-state index is 0.153. The van der Waals surface area contributed by atoms with Gasteiger partial charge in [0.25, 0.3) is 0 Å². The van der Waals surface area contributed by atoms with Crippen molar-refractivity contribution < 1.29 is 4.79 Å². The van der Waals surface area contributed by atoms with E-state index in [0.29, 0.717) is 33.3 Å². The second kappa shape index (κ2) is 9.86. The van der Waals surface area contributed by atoms with Gasteiger partial charge in [0.15, 0.2) is 11.0 Å². The van der Waals surface area contributed by atoms with Crippen molar-refractivity contribution in [3.8, 4) is 11.4 Å². The van der Waals surface area contributed by atoms with Crippen molar-refractivity contribution in [2.24, 2.45) is 0 Å². The van der Waals surface area contributed by atoms with E-state index in [4.69, 9.17) is 23.2 Å². The van der Waals surface area contributed by atoms with Crippen LogP contribution in [0.5, 0.6) is 0 Å². The molecule has 8 heteroatoms. The van der Waals surface area contributed by atoms with Crippen LogP contribution < -0.4 is 0 Å². The summed E-state index contributed by atoms with van der Waals surface area (Å²) in [4.78, 5) is 14.6.